The number of hydrogen-bond donors (Lipinski definition) is 2. The number of hydrogen-bond acceptors (Lipinski definition) is 1. The predicted octanol–water partition coefficient (Wildman–Crippen LogP) is 6.53. The van der Waals surface area contributed by atoms with E-state index in [1.54, 1.807) is 0 Å². The molecule has 2 N–H and O–H groups in total. The number of fused-ring (bicyclic) bond motifs is 3. The third-order valence-corrected chi connectivity index (χ3v) is 5.61. The number of aryl methyl sites for hydroxylation is 1. The van der Waals surface area contributed by atoms with Crippen LogP contribution in [0.4, 0.5) is 0 Å². The van der Waals surface area contributed by atoms with Crippen LogP contribution in [0.5, 0.6) is 0 Å². The molecule has 1 aliphatic heterocycles. The maximum atomic E-state index is 3.75. The van der Waals surface area contributed by atoms with Gasteiger partial charge in [0.05, 0.1) is 0 Å². The van der Waals surface area contributed by atoms with Crippen LogP contribution in [0.3, 0.4) is 0 Å². The monoisotopic (exact) mass is 362 g/mol. The Bertz CT molecular complexity index is 847. The highest BCUT2D eigenvalue weighted by Gasteiger charge is 2.25. The van der Waals surface area contributed by atoms with Crippen molar-refractivity contribution in [1.29, 1.82) is 0 Å². The van der Waals surface area contributed by atoms with Crippen LogP contribution in [0.1, 0.15) is 74.9 Å². The molecule has 2 heteroatoms. The quantitative estimate of drug-likeness (QED) is 0.531. The third-order valence-electron chi connectivity index (χ3n) is 5.61. The summed E-state index contributed by atoms with van der Waals surface area (Å²) in [7, 11) is 0. The molecule has 27 heavy (non-hydrogen) atoms. The summed E-state index contributed by atoms with van der Waals surface area (Å²) >= 11 is 0. The van der Waals surface area contributed by atoms with Crippen molar-refractivity contribution < 1.29 is 0 Å². The van der Waals surface area contributed by atoms with E-state index in [0.717, 1.165) is 19.4 Å². The van der Waals surface area contributed by atoms with E-state index >= 15 is 0 Å². The number of H-pyrrole nitrogens is 1. The zero-order valence-electron chi connectivity index (χ0n) is 17.3. The molecule has 2 heterocycles. The molecule has 0 aliphatic carbocycles. The van der Waals surface area contributed by atoms with Gasteiger partial charge in [-0.2, -0.15) is 0 Å². The van der Waals surface area contributed by atoms with Crippen LogP contribution in [0, 0.1) is 0 Å². The van der Waals surface area contributed by atoms with Crippen molar-refractivity contribution in [3.8, 4) is 0 Å². The van der Waals surface area contributed by atoms with Crippen LogP contribution in [-0.4, -0.2) is 11.5 Å². The minimum absolute atomic E-state index is 0.418. The average molecular weight is 363 g/mol. The highest BCUT2D eigenvalue weighted by molar-refractivity contribution is 5.86. The van der Waals surface area contributed by atoms with Gasteiger partial charge < -0.3 is 10.3 Å². The lowest BCUT2D eigenvalue weighted by Gasteiger charge is -2.27. The van der Waals surface area contributed by atoms with Crippen LogP contribution < -0.4 is 5.32 Å². The first-order valence-corrected chi connectivity index (χ1v) is 10.7. The van der Waals surface area contributed by atoms with E-state index in [9.17, 15) is 0 Å². The normalized spacial score (nSPS) is 17.1. The van der Waals surface area contributed by atoms with Crippen molar-refractivity contribution in [1.82, 2.24) is 10.3 Å². The highest BCUT2D eigenvalue weighted by Crippen LogP contribution is 2.35. The van der Waals surface area contributed by atoms with Crippen molar-refractivity contribution in [2.45, 2.75) is 65.3 Å². The summed E-state index contributed by atoms with van der Waals surface area (Å²) in [6.45, 7) is 9.67. The van der Waals surface area contributed by atoms with Crippen molar-refractivity contribution in [2.75, 3.05) is 6.54 Å². The van der Waals surface area contributed by atoms with Crippen LogP contribution in [0.25, 0.3) is 10.9 Å². The van der Waals surface area contributed by atoms with E-state index < -0.39 is 0 Å². The van der Waals surface area contributed by atoms with Crippen LogP contribution >= 0.6 is 0 Å². The van der Waals surface area contributed by atoms with E-state index in [-0.39, 0.29) is 0 Å². The van der Waals surface area contributed by atoms with Crippen molar-refractivity contribution in [3.05, 3.63) is 70.9 Å². The van der Waals surface area contributed by atoms with Crippen molar-refractivity contribution >= 4 is 10.9 Å². The second-order valence-corrected chi connectivity index (χ2v) is 7.45. The summed E-state index contributed by atoms with van der Waals surface area (Å²) < 4.78 is 0. The Morgan fingerprint density at radius 3 is 2.59 bits per heavy atom. The molecule has 3 aromatic rings. The van der Waals surface area contributed by atoms with Crippen LogP contribution in [0.2, 0.25) is 0 Å². The van der Waals surface area contributed by atoms with Gasteiger partial charge in [0.15, 0.2) is 0 Å². The van der Waals surface area contributed by atoms with Gasteiger partial charge in [-0.3, -0.25) is 0 Å². The third kappa shape index (κ3) is 4.27. The maximum absolute atomic E-state index is 3.75. The van der Waals surface area contributed by atoms with E-state index in [4.69, 9.17) is 0 Å². The first-order valence-electron chi connectivity index (χ1n) is 10.7. The van der Waals surface area contributed by atoms with E-state index in [1.807, 2.05) is 13.8 Å². The molecular weight excluding hydrogens is 328 g/mol. The molecule has 144 valence electrons. The SMILES string of the molecule is CC.CCCc1ccc2[nH]c3c(c2c1)CCNC3CC(C)c1ccccc1. The van der Waals surface area contributed by atoms with Crippen LogP contribution in [0.15, 0.2) is 48.5 Å². The highest BCUT2D eigenvalue weighted by atomic mass is 15.0. The Labute approximate surface area is 164 Å². The maximum Gasteiger partial charge on any atom is 0.0481 e. The average Bonchev–Trinajstić information content (AvgIpc) is 3.10. The molecule has 0 saturated carbocycles. The number of rotatable bonds is 5. The minimum atomic E-state index is 0.418. The van der Waals surface area contributed by atoms with Gasteiger partial charge in [0, 0.05) is 22.6 Å². The Morgan fingerprint density at radius 2 is 1.85 bits per heavy atom. The Balaban J connectivity index is 0.00000102. The second kappa shape index (κ2) is 9.23. The first-order chi connectivity index (χ1) is 13.3. The molecule has 1 aliphatic rings. The smallest absolute Gasteiger partial charge is 0.0481 e. The molecule has 0 amide bonds. The lowest BCUT2D eigenvalue weighted by atomic mass is 9.89. The topological polar surface area (TPSA) is 27.8 Å². The second-order valence-electron chi connectivity index (χ2n) is 7.45. The molecule has 0 bridgehead atoms. The zero-order chi connectivity index (χ0) is 19.2. The molecule has 2 unspecified atom stereocenters. The van der Waals surface area contributed by atoms with Gasteiger partial charge in [-0.1, -0.05) is 70.5 Å². The fraction of sp³-hybridized carbons (Fsp3) is 0.440. The number of benzene rings is 2. The summed E-state index contributed by atoms with van der Waals surface area (Å²) in [4.78, 5) is 3.73. The van der Waals surface area contributed by atoms with Gasteiger partial charge in [-0.25, -0.2) is 0 Å². The minimum Gasteiger partial charge on any atom is -0.357 e. The molecule has 0 spiro atoms. The molecule has 1 aromatic heterocycles. The van der Waals surface area contributed by atoms with E-state index in [2.05, 4.69) is 72.7 Å². The van der Waals surface area contributed by atoms with Crippen molar-refractivity contribution in [3.63, 3.8) is 0 Å². The molecule has 0 fully saturated rings. The van der Waals surface area contributed by atoms with Gasteiger partial charge in [0.25, 0.3) is 0 Å². The van der Waals surface area contributed by atoms with Gasteiger partial charge >= 0.3 is 0 Å². The standard InChI is InChI=1S/C23H28N2.C2H6/c1-3-7-17-10-11-21-20(15-17)19-12-13-24-22(23(19)25-21)14-16(2)18-8-5-4-6-9-18;1-2/h4-6,8-11,15-16,22,24-25H,3,7,12-14H2,1-2H3;1-2H3. The molecule has 2 atom stereocenters. The largest absolute Gasteiger partial charge is 0.357 e. The predicted molar refractivity (Wildman–Crippen MR) is 118 cm³/mol. The first kappa shape index (κ1) is 19.7. The molecule has 2 nitrogen and oxygen atoms in total. The molecule has 2 aromatic carbocycles. The van der Waals surface area contributed by atoms with Crippen molar-refractivity contribution in [2.24, 2.45) is 0 Å². The summed E-state index contributed by atoms with van der Waals surface area (Å²) in [5.74, 6) is 0.548. The summed E-state index contributed by atoms with van der Waals surface area (Å²) in [6, 6.07) is 18.3. The fourth-order valence-electron chi connectivity index (χ4n) is 4.27. The molecule has 4 rings (SSSR count). The summed E-state index contributed by atoms with van der Waals surface area (Å²) in [6.07, 6.45) is 4.63. The van der Waals surface area contributed by atoms with Gasteiger partial charge in [0.2, 0.25) is 0 Å². The molecule has 0 saturated heterocycles. The Hall–Kier alpha value is -2.06. The molecule has 0 radical (unpaired) electrons. The van der Waals surface area contributed by atoms with E-state index in [1.165, 1.54) is 46.1 Å². The van der Waals surface area contributed by atoms with E-state index in [0.29, 0.717) is 12.0 Å². The fourth-order valence-corrected chi connectivity index (χ4v) is 4.27. The van der Waals surface area contributed by atoms with Gasteiger partial charge in [-0.05, 0) is 60.5 Å². The van der Waals surface area contributed by atoms with Gasteiger partial charge in [0.1, 0.15) is 0 Å². The lowest BCUT2D eigenvalue weighted by molar-refractivity contribution is 0.439. The Kier molecular flexibility index (Phi) is 6.73. The van der Waals surface area contributed by atoms with Crippen LogP contribution in [-0.2, 0) is 12.8 Å². The number of aromatic nitrogens is 1. The molecular formula is C25H34N2. The Morgan fingerprint density at radius 1 is 1.07 bits per heavy atom. The lowest BCUT2D eigenvalue weighted by Crippen LogP contribution is -2.30. The number of nitrogens with one attached hydrogen (secondary N) is 2. The zero-order valence-corrected chi connectivity index (χ0v) is 17.3. The summed E-state index contributed by atoms with van der Waals surface area (Å²) in [5, 5.41) is 5.19. The number of aromatic amines is 1. The summed E-state index contributed by atoms with van der Waals surface area (Å²) in [5.41, 5.74) is 7.14. The van der Waals surface area contributed by atoms with Gasteiger partial charge in [-0.15, -0.1) is 0 Å².